The number of rotatable bonds is 6. The molecule has 0 radical (unpaired) electrons. The maximum absolute atomic E-state index is 13.4. The lowest BCUT2D eigenvalue weighted by Crippen LogP contribution is -2.30. The number of anilines is 1. The van der Waals surface area contributed by atoms with Crippen LogP contribution in [-0.2, 0) is 9.59 Å². The average Bonchev–Trinajstić information content (AvgIpc) is 3.11. The van der Waals surface area contributed by atoms with Gasteiger partial charge in [0.2, 0.25) is 0 Å². The summed E-state index contributed by atoms with van der Waals surface area (Å²) in [7, 11) is 1.55. The molecule has 34 heavy (non-hydrogen) atoms. The SMILES string of the molecule is CCOc1cc(C2/C(=C(/O)c3ccccc3)C(=O)C(=O)N2c2cc(C)ccc2C)ccc1OC. The van der Waals surface area contributed by atoms with Crippen LogP contribution in [0.4, 0.5) is 5.69 Å². The molecule has 6 heteroatoms. The third-order valence-electron chi connectivity index (χ3n) is 5.92. The first-order valence-corrected chi connectivity index (χ1v) is 11.1. The van der Waals surface area contributed by atoms with E-state index in [4.69, 9.17) is 9.47 Å². The fourth-order valence-corrected chi connectivity index (χ4v) is 4.26. The molecule has 0 saturated carbocycles. The molecule has 1 amide bonds. The topological polar surface area (TPSA) is 76.1 Å². The second-order valence-corrected chi connectivity index (χ2v) is 8.17. The number of nitrogens with zero attached hydrogens (tertiary/aromatic N) is 1. The van der Waals surface area contributed by atoms with E-state index in [1.807, 2.05) is 45.0 Å². The van der Waals surface area contributed by atoms with Crippen molar-refractivity contribution in [3.05, 3.63) is 94.6 Å². The number of Topliss-reactive ketones (excluding diaryl/α,β-unsaturated/α-hetero) is 1. The third-order valence-corrected chi connectivity index (χ3v) is 5.92. The Morgan fingerprint density at radius 1 is 0.971 bits per heavy atom. The van der Waals surface area contributed by atoms with Crippen molar-refractivity contribution in [3.8, 4) is 11.5 Å². The minimum Gasteiger partial charge on any atom is -0.507 e. The summed E-state index contributed by atoms with van der Waals surface area (Å²) in [6, 6.07) is 19.0. The Morgan fingerprint density at radius 3 is 2.38 bits per heavy atom. The number of ether oxygens (including phenoxy) is 2. The molecule has 1 unspecified atom stereocenters. The van der Waals surface area contributed by atoms with Crippen molar-refractivity contribution in [2.45, 2.75) is 26.8 Å². The number of amides is 1. The van der Waals surface area contributed by atoms with E-state index in [2.05, 4.69) is 0 Å². The molecule has 1 heterocycles. The zero-order chi connectivity index (χ0) is 24.4. The maximum atomic E-state index is 13.4. The largest absolute Gasteiger partial charge is 0.507 e. The molecule has 3 aromatic rings. The van der Waals surface area contributed by atoms with Gasteiger partial charge in [0.15, 0.2) is 11.5 Å². The minimum absolute atomic E-state index is 0.0321. The Kier molecular flexibility index (Phi) is 6.41. The first kappa shape index (κ1) is 23.1. The lowest BCUT2D eigenvalue weighted by atomic mass is 9.94. The first-order valence-electron chi connectivity index (χ1n) is 11.1. The van der Waals surface area contributed by atoms with Crippen LogP contribution >= 0.6 is 0 Å². The van der Waals surface area contributed by atoms with Crippen molar-refractivity contribution in [1.29, 1.82) is 0 Å². The second-order valence-electron chi connectivity index (χ2n) is 8.17. The van der Waals surface area contributed by atoms with Crippen LogP contribution in [0.15, 0.2) is 72.3 Å². The van der Waals surface area contributed by atoms with Gasteiger partial charge in [-0.2, -0.15) is 0 Å². The number of hydrogen-bond acceptors (Lipinski definition) is 5. The summed E-state index contributed by atoms with van der Waals surface area (Å²) in [6.07, 6.45) is 0. The number of carbonyl (C=O) groups excluding carboxylic acids is 2. The molecular weight excluding hydrogens is 430 g/mol. The molecule has 3 aromatic carbocycles. The lowest BCUT2D eigenvalue weighted by molar-refractivity contribution is -0.132. The van der Waals surface area contributed by atoms with E-state index in [0.717, 1.165) is 11.1 Å². The van der Waals surface area contributed by atoms with Crippen molar-refractivity contribution in [1.82, 2.24) is 0 Å². The molecule has 1 aliphatic heterocycles. The van der Waals surface area contributed by atoms with Crippen LogP contribution in [0.25, 0.3) is 5.76 Å². The molecule has 4 rings (SSSR count). The second kappa shape index (κ2) is 9.43. The summed E-state index contributed by atoms with van der Waals surface area (Å²) >= 11 is 0. The van der Waals surface area contributed by atoms with Crippen molar-refractivity contribution in [2.24, 2.45) is 0 Å². The van der Waals surface area contributed by atoms with E-state index in [1.54, 1.807) is 49.6 Å². The summed E-state index contributed by atoms with van der Waals surface area (Å²) in [6.45, 7) is 6.10. The Labute approximate surface area is 199 Å². The standard InChI is InChI=1S/C28H27NO5/c1-5-34-23-16-20(13-14-22(23)33-4)25-24(26(30)19-9-7-6-8-10-19)27(31)28(32)29(25)21-15-17(2)11-12-18(21)3/h6-16,25,30H,5H2,1-4H3/b26-24-. The molecule has 1 atom stereocenters. The summed E-state index contributed by atoms with van der Waals surface area (Å²) in [4.78, 5) is 28.2. The average molecular weight is 458 g/mol. The molecule has 6 nitrogen and oxygen atoms in total. The van der Waals surface area contributed by atoms with Crippen LogP contribution in [0.3, 0.4) is 0 Å². The van der Waals surface area contributed by atoms with Crippen LogP contribution in [0.1, 0.15) is 35.2 Å². The lowest BCUT2D eigenvalue weighted by Gasteiger charge is -2.27. The predicted molar refractivity (Wildman–Crippen MR) is 131 cm³/mol. The van der Waals surface area contributed by atoms with Crippen molar-refractivity contribution in [3.63, 3.8) is 0 Å². The summed E-state index contributed by atoms with van der Waals surface area (Å²) in [5.74, 6) is -0.609. The van der Waals surface area contributed by atoms with Crippen molar-refractivity contribution < 1.29 is 24.2 Å². The Hall–Kier alpha value is -4.06. The van der Waals surface area contributed by atoms with Crippen molar-refractivity contribution >= 4 is 23.1 Å². The van der Waals surface area contributed by atoms with Gasteiger partial charge in [0.05, 0.1) is 25.3 Å². The number of benzene rings is 3. The van der Waals surface area contributed by atoms with Gasteiger partial charge in [-0.25, -0.2) is 0 Å². The van der Waals surface area contributed by atoms with Gasteiger partial charge in [0, 0.05) is 11.3 Å². The normalized spacial score (nSPS) is 17.2. The Balaban J connectivity index is 1.99. The fourth-order valence-electron chi connectivity index (χ4n) is 4.26. The van der Waals surface area contributed by atoms with Crippen LogP contribution in [0.2, 0.25) is 0 Å². The maximum Gasteiger partial charge on any atom is 0.300 e. The fraction of sp³-hybridized carbons (Fsp3) is 0.214. The number of methoxy groups -OCH3 is 1. The highest BCUT2D eigenvalue weighted by Gasteiger charge is 2.47. The molecular formula is C28H27NO5. The van der Waals surface area contributed by atoms with Gasteiger partial charge in [-0.3, -0.25) is 14.5 Å². The molecule has 1 aliphatic rings. The number of aliphatic hydroxyl groups is 1. The first-order chi connectivity index (χ1) is 16.4. The molecule has 1 saturated heterocycles. The van der Waals surface area contributed by atoms with E-state index in [0.29, 0.717) is 34.9 Å². The minimum atomic E-state index is -0.842. The van der Waals surface area contributed by atoms with Gasteiger partial charge < -0.3 is 14.6 Å². The number of carbonyl (C=O) groups is 2. The van der Waals surface area contributed by atoms with Gasteiger partial charge in [0.25, 0.3) is 11.7 Å². The zero-order valence-electron chi connectivity index (χ0n) is 19.7. The van der Waals surface area contributed by atoms with Crippen LogP contribution in [0, 0.1) is 13.8 Å². The van der Waals surface area contributed by atoms with E-state index in [-0.39, 0.29) is 11.3 Å². The number of aliphatic hydroxyl groups excluding tert-OH is 1. The van der Waals surface area contributed by atoms with Crippen LogP contribution in [-0.4, -0.2) is 30.5 Å². The smallest absolute Gasteiger partial charge is 0.300 e. The van der Waals surface area contributed by atoms with Gasteiger partial charge in [0.1, 0.15) is 5.76 Å². The number of hydrogen-bond donors (Lipinski definition) is 1. The van der Waals surface area contributed by atoms with Crippen LogP contribution in [0.5, 0.6) is 11.5 Å². The van der Waals surface area contributed by atoms with Crippen LogP contribution < -0.4 is 14.4 Å². The zero-order valence-corrected chi connectivity index (χ0v) is 19.7. The van der Waals surface area contributed by atoms with E-state index >= 15 is 0 Å². The van der Waals surface area contributed by atoms with Gasteiger partial charge in [-0.15, -0.1) is 0 Å². The van der Waals surface area contributed by atoms with Gasteiger partial charge >= 0.3 is 0 Å². The summed E-state index contributed by atoms with van der Waals surface area (Å²) in [5, 5.41) is 11.2. The quantitative estimate of drug-likeness (QED) is 0.307. The van der Waals surface area contributed by atoms with Gasteiger partial charge in [-0.05, 0) is 55.7 Å². The highest BCUT2D eigenvalue weighted by molar-refractivity contribution is 6.51. The predicted octanol–water partition coefficient (Wildman–Crippen LogP) is 5.34. The molecule has 0 aliphatic carbocycles. The Morgan fingerprint density at radius 2 is 1.71 bits per heavy atom. The van der Waals surface area contributed by atoms with Crippen molar-refractivity contribution in [2.75, 3.05) is 18.6 Å². The monoisotopic (exact) mass is 457 g/mol. The summed E-state index contributed by atoms with van der Waals surface area (Å²) < 4.78 is 11.2. The van der Waals surface area contributed by atoms with E-state index < -0.39 is 17.7 Å². The molecule has 1 fully saturated rings. The number of ketones is 1. The molecule has 0 bridgehead atoms. The third kappa shape index (κ3) is 4.03. The molecule has 1 N–H and O–H groups in total. The Bertz CT molecular complexity index is 1280. The highest BCUT2D eigenvalue weighted by Crippen LogP contribution is 2.45. The highest BCUT2D eigenvalue weighted by atomic mass is 16.5. The summed E-state index contributed by atoms with van der Waals surface area (Å²) in [5.41, 5.74) is 3.54. The number of aryl methyl sites for hydroxylation is 2. The van der Waals surface area contributed by atoms with Gasteiger partial charge in [-0.1, -0.05) is 48.5 Å². The molecule has 0 spiro atoms. The molecule has 174 valence electrons. The van der Waals surface area contributed by atoms with E-state index in [1.165, 1.54) is 4.90 Å². The molecule has 0 aromatic heterocycles. The van der Waals surface area contributed by atoms with E-state index in [9.17, 15) is 14.7 Å².